The van der Waals surface area contributed by atoms with Crippen molar-refractivity contribution in [2.24, 2.45) is 0 Å². The first-order valence-electron chi connectivity index (χ1n) is 10.4. The summed E-state index contributed by atoms with van der Waals surface area (Å²) in [5.74, 6) is 0.0337. The lowest BCUT2D eigenvalue weighted by Gasteiger charge is -2.35. The van der Waals surface area contributed by atoms with E-state index in [1.165, 1.54) is 29.5 Å². The minimum absolute atomic E-state index is 0.0337. The van der Waals surface area contributed by atoms with E-state index >= 15 is 0 Å². The van der Waals surface area contributed by atoms with Crippen molar-refractivity contribution in [1.29, 1.82) is 0 Å². The molecule has 5 nitrogen and oxygen atoms in total. The Balaban J connectivity index is 1.32. The number of nitrogens with one attached hydrogen (secondary N) is 2. The highest BCUT2D eigenvalue weighted by atomic mass is 16.5. The Labute approximate surface area is 161 Å². The van der Waals surface area contributed by atoms with E-state index < -0.39 is 0 Å². The molecule has 27 heavy (non-hydrogen) atoms. The van der Waals surface area contributed by atoms with Gasteiger partial charge >= 0.3 is 0 Å². The SMILES string of the molecule is C[C@@H]1CN(CCCNC(=O)c2ccc3[nH]c4c(c3c2)CCCC4)C[C@@H](C)O1. The first-order chi connectivity index (χ1) is 13.1. The zero-order chi connectivity index (χ0) is 18.8. The molecule has 4 rings (SSSR count). The van der Waals surface area contributed by atoms with Gasteiger partial charge in [0.05, 0.1) is 12.2 Å². The molecule has 0 saturated carbocycles. The summed E-state index contributed by atoms with van der Waals surface area (Å²) >= 11 is 0. The van der Waals surface area contributed by atoms with Crippen LogP contribution in [0.5, 0.6) is 0 Å². The van der Waals surface area contributed by atoms with Gasteiger partial charge in [0, 0.05) is 48.3 Å². The maximum atomic E-state index is 12.6. The highest BCUT2D eigenvalue weighted by Gasteiger charge is 2.21. The number of H-pyrrole nitrogens is 1. The first-order valence-corrected chi connectivity index (χ1v) is 10.4. The Kier molecular flexibility index (Phi) is 5.50. The Morgan fingerprint density at radius 2 is 2.00 bits per heavy atom. The summed E-state index contributed by atoms with van der Waals surface area (Å²) < 4.78 is 5.77. The van der Waals surface area contributed by atoms with Crippen molar-refractivity contribution >= 4 is 16.8 Å². The summed E-state index contributed by atoms with van der Waals surface area (Å²) in [6, 6.07) is 6.06. The standard InChI is InChI=1S/C22H31N3O2/c1-15-13-25(14-16(2)27-15)11-5-10-23-22(26)17-8-9-21-19(12-17)18-6-3-4-7-20(18)24-21/h8-9,12,15-16,24H,3-7,10-11,13-14H2,1-2H3,(H,23,26)/t15-,16-/m1/s1. The van der Waals surface area contributed by atoms with Crippen LogP contribution < -0.4 is 5.32 Å². The maximum Gasteiger partial charge on any atom is 0.251 e. The predicted octanol–water partition coefficient (Wildman–Crippen LogP) is 3.28. The van der Waals surface area contributed by atoms with E-state index in [4.69, 9.17) is 4.74 Å². The third-order valence-corrected chi connectivity index (χ3v) is 5.79. The molecule has 1 aromatic carbocycles. The number of aromatic amines is 1. The quantitative estimate of drug-likeness (QED) is 0.795. The van der Waals surface area contributed by atoms with Crippen LogP contribution in [-0.4, -0.2) is 54.2 Å². The fourth-order valence-electron chi connectivity index (χ4n) is 4.62. The molecule has 1 aromatic heterocycles. The highest BCUT2D eigenvalue weighted by Crippen LogP contribution is 2.29. The molecule has 0 spiro atoms. The minimum Gasteiger partial charge on any atom is -0.373 e. The number of carbonyl (C=O) groups excluding carboxylic acids is 1. The summed E-state index contributed by atoms with van der Waals surface area (Å²) in [5, 5.41) is 4.32. The topological polar surface area (TPSA) is 57.4 Å². The van der Waals surface area contributed by atoms with Crippen LogP contribution in [0.2, 0.25) is 0 Å². The molecule has 1 aliphatic heterocycles. The van der Waals surface area contributed by atoms with Crippen molar-refractivity contribution in [1.82, 2.24) is 15.2 Å². The summed E-state index contributed by atoms with van der Waals surface area (Å²) in [6.07, 6.45) is 6.31. The van der Waals surface area contributed by atoms with Gasteiger partial charge in [-0.05, 0) is 69.7 Å². The van der Waals surface area contributed by atoms with Gasteiger partial charge in [-0.1, -0.05) is 0 Å². The van der Waals surface area contributed by atoms with Crippen LogP contribution in [0.15, 0.2) is 18.2 Å². The van der Waals surface area contributed by atoms with Crippen LogP contribution in [0, 0.1) is 0 Å². The largest absolute Gasteiger partial charge is 0.373 e. The minimum atomic E-state index is 0.0337. The first kappa shape index (κ1) is 18.5. The molecule has 5 heteroatoms. The molecular weight excluding hydrogens is 338 g/mol. The van der Waals surface area contributed by atoms with Gasteiger partial charge in [-0.2, -0.15) is 0 Å². The number of ether oxygens (including phenoxy) is 1. The Hall–Kier alpha value is -1.85. The fourth-order valence-corrected chi connectivity index (χ4v) is 4.62. The second-order valence-corrected chi connectivity index (χ2v) is 8.18. The zero-order valence-corrected chi connectivity index (χ0v) is 16.5. The molecule has 0 radical (unpaired) electrons. The van der Waals surface area contributed by atoms with Crippen molar-refractivity contribution in [2.45, 2.75) is 58.2 Å². The van der Waals surface area contributed by atoms with Crippen molar-refractivity contribution in [3.8, 4) is 0 Å². The summed E-state index contributed by atoms with van der Waals surface area (Å²) in [4.78, 5) is 18.5. The average Bonchev–Trinajstić information content (AvgIpc) is 3.02. The number of aromatic nitrogens is 1. The van der Waals surface area contributed by atoms with E-state index in [0.717, 1.165) is 50.0 Å². The molecule has 2 N–H and O–H groups in total. The molecule has 1 amide bonds. The number of rotatable bonds is 5. The van der Waals surface area contributed by atoms with Gasteiger partial charge < -0.3 is 15.0 Å². The zero-order valence-electron chi connectivity index (χ0n) is 16.5. The lowest BCUT2D eigenvalue weighted by atomic mass is 9.95. The van der Waals surface area contributed by atoms with Gasteiger partial charge in [0.2, 0.25) is 0 Å². The monoisotopic (exact) mass is 369 g/mol. The van der Waals surface area contributed by atoms with E-state index in [2.05, 4.69) is 41.2 Å². The lowest BCUT2D eigenvalue weighted by Crippen LogP contribution is -2.46. The van der Waals surface area contributed by atoms with Crippen molar-refractivity contribution < 1.29 is 9.53 Å². The van der Waals surface area contributed by atoms with Crippen LogP contribution in [0.4, 0.5) is 0 Å². The summed E-state index contributed by atoms with van der Waals surface area (Å²) in [7, 11) is 0. The smallest absolute Gasteiger partial charge is 0.251 e. The molecule has 1 fully saturated rings. The number of amides is 1. The third kappa shape index (κ3) is 4.19. The predicted molar refractivity (Wildman–Crippen MR) is 108 cm³/mol. The Morgan fingerprint density at radius 1 is 1.22 bits per heavy atom. The van der Waals surface area contributed by atoms with Crippen LogP contribution in [0.3, 0.4) is 0 Å². The average molecular weight is 370 g/mol. The number of nitrogens with zero attached hydrogens (tertiary/aromatic N) is 1. The number of benzene rings is 1. The molecule has 2 aliphatic rings. The van der Waals surface area contributed by atoms with Crippen LogP contribution in [0.1, 0.15) is 54.7 Å². The lowest BCUT2D eigenvalue weighted by molar-refractivity contribution is -0.0679. The normalized spacial score (nSPS) is 23.3. The van der Waals surface area contributed by atoms with Crippen molar-refractivity contribution in [3.05, 3.63) is 35.0 Å². The number of fused-ring (bicyclic) bond motifs is 3. The maximum absolute atomic E-state index is 12.6. The molecule has 0 unspecified atom stereocenters. The van der Waals surface area contributed by atoms with E-state index in [1.807, 2.05) is 6.07 Å². The molecule has 2 heterocycles. The molecule has 1 aliphatic carbocycles. The number of hydrogen-bond donors (Lipinski definition) is 2. The molecule has 1 saturated heterocycles. The Bertz CT molecular complexity index is 803. The van der Waals surface area contributed by atoms with E-state index in [-0.39, 0.29) is 5.91 Å². The van der Waals surface area contributed by atoms with Gasteiger partial charge in [0.25, 0.3) is 5.91 Å². The van der Waals surface area contributed by atoms with Crippen LogP contribution >= 0.6 is 0 Å². The summed E-state index contributed by atoms with van der Waals surface area (Å²) in [6.45, 7) is 7.92. The number of hydrogen-bond acceptors (Lipinski definition) is 3. The highest BCUT2D eigenvalue weighted by molar-refractivity contribution is 5.99. The second-order valence-electron chi connectivity index (χ2n) is 8.18. The Morgan fingerprint density at radius 3 is 2.81 bits per heavy atom. The van der Waals surface area contributed by atoms with E-state index in [9.17, 15) is 4.79 Å². The molecule has 2 aromatic rings. The number of morpholine rings is 1. The fraction of sp³-hybridized carbons (Fsp3) is 0.591. The van der Waals surface area contributed by atoms with Crippen LogP contribution in [-0.2, 0) is 17.6 Å². The van der Waals surface area contributed by atoms with Crippen LogP contribution in [0.25, 0.3) is 10.9 Å². The molecule has 146 valence electrons. The van der Waals surface area contributed by atoms with Gasteiger partial charge in [-0.3, -0.25) is 9.69 Å². The third-order valence-electron chi connectivity index (χ3n) is 5.79. The number of aryl methyl sites for hydroxylation is 2. The van der Waals surface area contributed by atoms with Crippen molar-refractivity contribution in [3.63, 3.8) is 0 Å². The molecule has 0 bridgehead atoms. The number of carbonyl (C=O) groups is 1. The van der Waals surface area contributed by atoms with Crippen molar-refractivity contribution in [2.75, 3.05) is 26.2 Å². The van der Waals surface area contributed by atoms with Gasteiger partial charge in [0.1, 0.15) is 0 Å². The molecule has 2 atom stereocenters. The van der Waals surface area contributed by atoms with Gasteiger partial charge in [-0.25, -0.2) is 0 Å². The molecular formula is C22H31N3O2. The summed E-state index contributed by atoms with van der Waals surface area (Å²) in [5.41, 5.74) is 4.71. The van der Waals surface area contributed by atoms with Gasteiger partial charge in [0.15, 0.2) is 0 Å². The van der Waals surface area contributed by atoms with E-state index in [0.29, 0.717) is 18.8 Å². The van der Waals surface area contributed by atoms with Gasteiger partial charge in [-0.15, -0.1) is 0 Å². The second kappa shape index (κ2) is 8.03. The van der Waals surface area contributed by atoms with E-state index in [1.54, 1.807) is 0 Å².